The Morgan fingerprint density at radius 1 is 1.38 bits per heavy atom. The van der Waals surface area contributed by atoms with Crippen molar-refractivity contribution < 1.29 is 9.90 Å². The molecule has 0 aromatic heterocycles. The standard InChI is InChI=1S/C13H15NO2/c1-10-9-11(5-6-12(10)15)13(16)14-7-3-2-4-8-14/h2-3,5-6,9,15H,4,7-8H2,1H3. The average Bonchev–Trinajstić information content (AvgIpc) is 2.33. The zero-order valence-electron chi connectivity index (χ0n) is 9.31. The number of aryl methyl sites for hydroxylation is 1. The van der Waals surface area contributed by atoms with Gasteiger partial charge in [0.05, 0.1) is 0 Å². The maximum Gasteiger partial charge on any atom is 0.254 e. The fourth-order valence-corrected chi connectivity index (χ4v) is 1.80. The van der Waals surface area contributed by atoms with Gasteiger partial charge in [0.2, 0.25) is 0 Å². The molecule has 1 aromatic carbocycles. The van der Waals surface area contributed by atoms with E-state index in [1.165, 1.54) is 0 Å². The van der Waals surface area contributed by atoms with Crippen LogP contribution in [0.5, 0.6) is 5.75 Å². The number of rotatable bonds is 1. The van der Waals surface area contributed by atoms with Crippen molar-refractivity contribution in [3.05, 3.63) is 41.5 Å². The van der Waals surface area contributed by atoms with Crippen molar-refractivity contribution in [3.8, 4) is 5.75 Å². The second-order valence-electron chi connectivity index (χ2n) is 4.01. The quantitative estimate of drug-likeness (QED) is 0.732. The van der Waals surface area contributed by atoms with Gasteiger partial charge in [-0.3, -0.25) is 4.79 Å². The van der Waals surface area contributed by atoms with Crippen LogP contribution >= 0.6 is 0 Å². The summed E-state index contributed by atoms with van der Waals surface area (Å²) in [4.78, 5) is 13.9. The Morgan fingerprint density at radius 3 is 2.81 bits per heavy atom. The van der Waals surface area contributed by atoms with E-state index in [4.69, 9.17) is 0 Å². The maximum atomic E-state index is 12.1. The molecule has 1 N–H and O–H groups in total. The zero-order chi connectivity index (χ0) is 11.5. The number of nitrogens with zero attached hydrogens (tertiary/aromatic N) is 1. The molecule has 1 aliphatic rings. The summed E-state index contributed by atoms with van der Waals surface area (Å²) in [6.45, 7) is 3.25. The Balaban J connectivity index is 2.20. The number of hydrogen-bond donors (Lipinski definition) is 1. The largest absolute Gasteiger partial charge is 0.508 e. The van der Waals surface area contributed by atoms with E-state index in [1.807, 2.05) is 11.0 Å². The Hall–Kier alpha value is -1.77. The lowest BCUT2D eigenvalue weighted by Gasteiger charge is -2.23. The van der Waals surface area contributed by atoms with Gasteiger partial charge in [0.1, 0.15) is 5.75 Å². The molecule has 0 saturated heterocycles. The summed E-state index contributed by atoms with van der Waals surface area (Å²) >= 11 is 0. The molecule has 1 aromatic rings. The van der Waals surface area contributed by atoms with E-state index < -0.39 is 0 Å². The number of phenols is 1. The van der Waals surface area contributed by atoms with Crippen molar-refractivity contribution in [1.29, 1.82) is 0 Å². The smallest absolute Gasteiger partial charge is 0.254 e. The van der Waals surface area contributed by atoms with Gasteiger partial charge in [-0.1, -0.05) is 12.2 Å². The number of carbonyl (C=O) groups excluding carboxylic acids is 1. The van der Waals surface area contributed by atoms with Gasteiger partial charge in [-0.15, -0.1) is 0 Å². The van der Waals surface area contributed by atoms with Crippen LogP contribution in [0.3, 0.4) is 0 Å². The molecule has 1 aliphatic heterocycles. The number of amides is 1. The summed E-state index contributed by atoms with van der Waals surface area (Å²) in [5, 5.41) is 9.40. The fraction of sp³-hybridized carbons (Fsp3) is 0.308. The summed E-state index contributed by atoms with van der Waals surface area (Å²) < 4.78 is 0. The predicted molar refractivity (Wildman–Crippen MR) is 62.5 cm³/mol. The van der Waals surface area contributed by atoms with E-state index in [9.17, 15) is 9.90 Å². The molecular formula is C13H15NO2. The fourth-order valence-electron chi connectivity index (χ4n) is 1.80. The summed E-state index contributed by atoms with van der Waals surface area (Å²) in [6.07, 6.45) is 5.02. The minimum atomic E-state index is 0.0347. The topological polar surface area (TPSA) is 40.5 Å². The maximum absolute atomic E-state index is 12.1. The molecule has 0 aliphatic carbocycles. The van der Waals surface area contributed by atoms with Gasteiger partial charge >= 0.3 is 0 Å². The monoisotopic (exact) mass is 217 g/mol. The lowest BCUT2D eigenvalue weighted by molar-refractivity contribution is 0.0771. The lowest BCUT2D eigenvalue weighted by Crippen LogP contribution is -2.33. The minimum absolute atomic E-state index is 0.0347. The lowest BCUT2D eigenvalue weighted by atomic mass is 10.1. The molecule has 0 atom stereocenters. The average molecular weight is 217 g/mol. The van der Waals surface area contributed by atoms with Gasteiger partial charge in [-0.2, -0.15) is 0 Å². The van der Waals surface area contributed by atoms with Crippen LogP contribution in [-0.4, -0.2) is 29.0 Å². The molecule has 0 unspecified atom stereocenters. The molecule has 0 bridgehead atoms. The Labute approximate surface area is 95.0 Å². The van der Waals surface area contributed by atoms with Crippen LogP contribution < -0.4 is 0 Å². The molecule has 16 heavy (non-hydrogen) atoms. The number of benzene rings is 1. The van der Waals surface area contributed by atoms with Crippen LogP contribution in [0.15, 0.2) is 30.4 Å². The van der Waals surface area contributed by atoms with Crippen molar-refractivity contribution in [2.75, 3.05) is 13.1 Å². The van der Waals surface area contributed by atoms with Gasteiger partial charge in [-0.05, 0) is 37.1 Å². The van der Waals surface area contributed by atoms with Gasteiger partial charge in [-0.25, -0.2) is 0 Å². The number of hydrogen-bond acceptors (Lipinski definition) is 2. The third kappa shape index (κ3) is 2.08. The van der Waals surface area contributed by atoms with E-state index in [2.05, 4.69) is 6.08 Å². The Bertz CT molecular complexity index is 438. The third-order valence-electron chi connectivity index (χ3n) is 2.79. The number of carbonyl (C=O) groups is 1. The second-order valence-corrected chi connectivity index (χ2v) is 4.01. The molecule has 0 fully saturated rings. The highest BCUT2D eigenvalue weighted by Crippen LogP contribution is 2.18. The Kier molecular flexibility index (Phi) is 2.95. The van der Waals surface area contributed by atoms with Gasteiger partial charge in [0.25, 0.3) is 5.91 Å². The van der Waals surface area contributed by atoms with Gasteiger partial charge < -0.3 is 10.0 Å². The molecule has 1 heterocycles. The van der Waals surface area contributed by atoms with E-state index >= 15 is 0 Å². The first-order valence-corrected chi connectivity index (χ1v) is 5.42. The van der Waals surface area contributed by atoms with Crippen molar-refractivity contribution in [3.63, 3.8) is 0 Å². The highest BCUT2D eigenvalue weighted by Gasteiger charge is 2.16. The van der Waals surface area contributed by atoms with Crippen LogP contribution in [0, 0.1) is 6.92 Å². The SMILES string of the molecule is Cc1cc(C(=O)N2CC=CCC2)ccc1O. The Morgan fingerprint density at radius 2 is 2.19 bits per heavy atom. The first kappa shape index (κ1) is 10.7. The molecule has 3 nitrogen and oxygen atoms in total. The van der Waals surface area contributed by atoms with Crippen LogP contribution in [0.2, 0.25) is 0 Å². The van der Waals surface area contributed by atoms with Crippen molar-refractivity contribution in [1.82, 2.24) is 4.90 Å². The second kappa shape index (κ2) is 4.39. The van der Waals surface area contributed by atoms with Crippen molar-refractivity contribution >= 4 is 5.91 Å². The summed E-state index contributed by atoms with van der Waals surface area (Å²) in [7, 11) is 0. The minimum Gasteiger partial charge on any atom is -0.508 e. The van der Waals surface area contributed by atoms with Crippen LogP contribution in [-0.2, 0) is 0 Å². The molecule has 0 saturated carbocycles. The molecular weight excluding hydrogens is 202 g/mol. The first-order valence-electron chi connectivity index (χ1n) is 5.42. The molecule has 0 spiro atoms. The van der Waals surface area contributed by atoms with Crippen LogP contribution in [0.1, 0.15) is 22.3 Å². The van der Waals surface area contributed by atoms with Crippen molar-refractivity contribution in [2.45, 2.75) is 13.3 Å². The van der Waals surface area contributed by atoms with Gasteiger partial charge in [0, 0.05) is 18.7 Å². The number of aromatic hydroxyl groups is 1. The van der Waals surface area contributed by atoms with E-state index in [1.54, 1.807) is 25.1 Å². The highest BCUT2D eigenvalue weighted by molar-refractivity contribution is 5.94. The van der Waals surface area contributed by atoms with Crippen molar-refractivity contribution in [2.24, 2.45) is 0 Å². The predicted octanol–water partition coefficient (Wildman–Crippen LogP) is 2.10. The van der Waals surface area contributed by atoms with E-state index in [-0.39, 0.29) is 11.7 Å². The number of phenolic OH excluding ortho intramolecular Hbond substituents is 1. The summed E-state index contributed by atoms with van der Waals surface area (Å²) in [5.74, 6) is 0.266. The molecule has 3 heteroatoms. The summed E-state index contributed by atoms with van der Waals surface area (Å²) in [5.41, 5.74) is 1.38. The molecule has 1 amide bonds. The highest BCUT2D eigenvalue weighted by atomic mass is 16.3. The van der Waals surface area contributed by atoms with E-state index in [0.717, 1.165) is 18.5 Å². The van der Waals surface area contributed by atoms with Crippen LogP contribution in [0.25, 0.3) is 0 Å². The van der Waals surface area contributed by atoms with Crippen LogP contribution in [0.4, 0.5) is 0 Å². The normalized spacial score (nSPS) is 15.2. The molecule has 0 radical (unpaired) electrons. The molecule has 84 valence electrons. The first-order chi connectivity index (χ1) is 7.68. The van der Waals surface area contributed by atoms with Gasteiger partial charge in [0.15, 0.2) is 0 Å². The van der Waals surface area contributed by atoms with E-state index in [0.29, 0.717) is 12.1 Å². The third-order valence-corrected chi connectivity index (χ3v) is 2.79. The zero-order valence-corrected chi connectivity index (χ0v) is 9.31. The molecule has 2 rings (SSSR count). The summed E-state index contributed by atoms with van der Waals surface area (Å²) in [6, 6.07) is 4.97.